The van der Waals surface area contributed by atoms with Gasteiger partial charge in [0.25, 0.3) is 0 Å². The lowest BCUT2D eigenvalue weighted by atomic mass is 9.79. The van der Waals surface area contributed by atoms with E-state index in [4.69, 9.17) is 0 Å². The molecule has 0 spiro atoms. The Hall–Kier alpha value is -1.04. The Morgan fingerprint density at radius 1 is 1.42 bits per heavy atom. The van der Waals surface area contributed by atoms with Crippen LogP contribution in [0.5, 0.6) is 0 Å². The maximum absolute atomic E-state index is 12.5. The first-order valence-corrected chi connectivity index (χ1v) is 6.70. The highest BCUT2D eigenvalue weighted by Gasteiger charge is 2.36. The van der Waals surface area contributed by atoms with E-state index < -0.39 is 11.7 Å². The van der Waals surface area contributed by atoms with Crippen molar-refractivity contribution in [1.29, 1.82) is 0 Å². The number of aromatic nitrogens is 2. The van der Waals surface area contributed by atoms with E-state index in [1.165, 1.54) is 4.68 Å². The van der Waals surface area contributed by atoms with Crippen molar-refractivity contribution in [2.24, 2.45) is 11.8 Å². The lowest BCUT2D eigenvalue weighted by Crippen LogP contribution is -2.38. The molecule has 108 valence electrons. The van der Waals surface area contributed by atoms with Crippen LogP contribution >= 0.6 is 0 Å². The molecule has 3 nitrogen and oxygen atoms in total. The molecule has 1 heterocycles. The first-order chi connectivity index (χ1) is 8.88. The van der Waals surface area contributed by atoms with Crippen molar-refractivity contribution in [3.05, 3.63) is 18.0 Å². The van der Waals surface area contributed by atoms with Gasteiger partial charge in [-0.25, -0.2) is 0 Å². The average molecular weight is 275 g/mol. The third-order valence-corrected chi connectivity index (χ3v) is 3.61. The van der Waals surface area contributed by atoms with E-state index in [1.807, 2.05) is 0 Å². The van der Waals surface area contributed by atoms with Gasteiger partial charge in [0, 0.05) is 12.7 Å². The minimum atomic E-state index is -4.30. The molecule has 2 unspecified atom stereocenters. The van der Waals surface area contributed by atoms with E-state index in [2.05, 4.69) is 24.3 Å². The van der Waals surface area contributed by atoms with Crippen molar-refractivity contribution in [1.82, 2.24) is 15.1 Å². The lowest BCUT2D eigenvalue weighted by Gasteiger charge is -2.37. The zero-order valence-electron chi connectivity index (χ0n) is 11.2. The van der Waals surface area contributed by atoms with Crippen molar-refractivity contribution < 1.29 is 13.2 Å². The van der Waals surface area contributed by atoms with Crippen LogP contribution in [0.25, 0.3) is 0 Å². The second kappa shape index (κ2) is 5.53. The highest BCUT2D eigenvalue weighted by Crippen LogP contribution is 2.39. The molecule has 1 aromatic heterocycles. The number of rotatable bonds is 5. The molecule has 1 aromatic rings. The van der Waals surface area contributed by atoms with Crippen LogP contribution in [0.1, 0.15) is 38.3 Å². The van der Waals surface area contributed by atoms with Crippen LogP contribution in [0.15, 0.2) is 12.4 Å². The second-order valence-corrected chi connectivity index (χ2v) is 5.66. The molecule has 1 N–H and O–H groups in total. The van der Waals surface area contributed by atoms with Gasteiger partial charge in [-0.15, -0.1) is 0 Å². The molecule has 0 aromatic carbocycles. The summed E-state index contributed by atoms with van der Waals surface area (Å²) in [6.45, 7) is 6.06. The summed E-state index contributed by atoms with van der Waals surface area (Å²) < 4.78 is 39.0. The van der Waals surface area contributed by atoms with Crippen LogP contribution in [-0.2, 0) is 6.18 Å². The Labute approximate surface area is 111 Å². The Morgan fingerprint density at radius 2 is 2.16 bits per heavy atom. The SMILES string of the molecule is CC(C)CNCC1CCC1n1cc(C(F)(F)F)cn1. The third-order valence-electron chi connectivity index (χ3n) is 3.61. The highest BCUT2D eigenvalue weighted by atomic mass is 19.4. The van der Waals surface area contributed by atoms with E-state index in [-0.39, 0.29) is 6.04 Å². The van der Waals surface area contributed by atoms with Crippen LogP contribution in [-0.4, -0.2) is 22.9 Å². The zero-order chi connectivity index (χ0) is 14.0. The van der Waals surface area contributed by atoms with E-state index in [9.17, 15) is 13.2 Å². The fourth-order valence-electron chi connectivity index (χ4n) is 2.36. The zero-order valence-corrected chi connectivity index (χ0v) is 11.2. The molecule has 1 aliphatic carbocycles. The molecule has 1 fully saturated rings. The predicted molar refractivity (Wildman–Crippen MR) is 66.7 cm³/mol. The van der Waals surface area contributed by atoms with Crippen molar-refractivity contribution in [2.45, 2.75) is 38.9 Å². The van der Waals surface area contributed by atoms with E-state index in [0.29, 0.717) is 11.8 Å². The van der Waals surface area contributed by atoms with Gasteiger partial charge in [-0.3, -0.25) is 4.68 Å². The first kappa shape index (κ1) is 14.4. The van der Waals surface area contributed by atoms with Gasteiger partial charge in [0.2, 0.25) is 0 Å². The molecule has 1 saturated carbocycles. The van der Waals surface area contributed by atoms with Gasteiger partial charge < -0.3 is 5.32 Å². The summed E-state index contributed by atoms with van der Waals surface area (Å²) in [5.41, 5.74) is -0.659. The van der Waals surface area contributed by atoms with Gasteiger partial charge in [-0.05, 0) is 31.2 Å². The molecule has 2 rings (SSSR count). The Balaban J connectivity index is 1.90. The summed E-state index contributed by atoms with van der Waals surface area (Å²) in [6, 6.07) is 0.107. The van der Waals surface area contributed by atoms with Crippen LogP contribution < -0.4 is 5.32 Å². The quantitative estimate of drug-likeness (QED) is 0.895. The van der Waals surface area contributed by atoms with Crippen molar-refractivity contribution in [3.63, 3.8) is 0 Å². The molecule has 0 radical (unpaired) electrons. The van der Waals surface area contributed by atoms with Gasteiger partial charge in [-0.2, -0.15) is 18.3 Å². The molecular weight excluding hydrogens is 255 g/mol. The second-order valence-electron chi connectivity index (χ2n) is 5.66. The molecule has 6 heteroatoms. The lowest BCUT2D eigenvalue weighted by molar-refractivity contribution is -0.137. The highest BCUT2D eigenvalue weighted by molar-refractivity contribution is 5.09. The number of nitrogens with zero attached hydrogens (tertiary/aromatic N) is 2. The summed E-state index contributed by atoms with van der Waals surface area (Å²) in [4.78, 5) is 0. The normalized spacial score (nSPS) is 23.7. The minimum absolute atomic E-state index is 0.107. The first-order valence-electron chi connectivity index (χ1n) is 6.70. The van der Waals surface area contributed by atoms with Crippen LogP contribution in [0.2, 0.25) is 0 Å². The number of hydrogen-bond acceptors (Lipinski definition) is 2. The number of halogens is 3. The monoisotopic (exact) mass is 275 g/mol. The third kappa shape index (κ3) is 3.49. The Kier molecular flexibility index (Phi) is 4.18. The van der Waals surface area contributed by atoms with Gasteiger partial charge in [0.15, 0.2) is 0 Å². The largest absolute Gasteiger partial charge is 0.419 e. The van der Waals surface area contributed by atoms with Gasteiger partial charge in [0.05, 0.1) is 17.8 Å². The average Bonchev–Trinajstić information content (AvgIpc) is 2.71. The van der Waals surface area contributed by atoms with Crippen molar-refractivity contribution in [3.8, 4) is 0 Å². The maximum Gasteiger partial charge on any atom is 0.419 e. The Morgan fingerprint density at radius 3 is 2.63 bits per heavy atom. The van der Waals surface area contributed by atoms with Crippen molar-refractivity contribution in [2.75, 3.05) is 13.1 Å². The minimum Gasteiger partial charge on any atom is -0.316 e. The summed E-state index contributed by atoms with van der Waals surface area (Å²) >= 11 is 0. The van der Waals surface area contributed by atoms with Gasteiger partial charge in [-0.1, -0.05) is 13.8 Å². The molecule has 0 bridgehead atoms. The number of nitrogens with one attached hydrogen (secondary N) is 1. The molecule has 2 atom stereocenters. The van der Waals surface area contributed by atoms with Crippen LogP contribution in [0.4, 0.5) is 13.2 Å². The van der Waals surface area contributed by atoms with Gasteiger partial charge >= 0.3 is 6.18 Å². The number of alkyl halides is 3. The predicted octanol–water partition coefficient (Wildman–Crippen LogP) is 3.10. The fourth-order valence-corrected chi connectivity index (χ4v) is 2.36. The molecule has 19 heavy (non-hydrogen) atoms. The summed E-state index contributed by atoms with van der Waals surface area (Å²) in [7, 11) is 0. The smallest absolute Gasteiger partial charge is 0.316 e. The van der Waals surface area contributed by atoms with Crippen LogP contribution in [0.3, 0.4) is 0 Å². The molecular formula is C13H20F3N3. The maximum atomic E-state index is 12.5. The van der Waals surface area contributed by atoms with Crippen molar-refractivity contribution >= 4 is 0 Å². The van der Waals surface area contributed by atoms with Crippen LogP contribution in [0, 0.1) is 11.8 Å². The van der Waals surface area contributed by atoms with E-state index in [0.717, 1.165) is 38.3 Å². The number of hydrogen-bond donors (Lipinski definition) is 1. The summed E-state index contributed by atoms with van der Waals surface area (Å²) in [5, 5.41) is 7.23. The van der Waals surface area contributed by atoms with E-state index >= 15 is 0 Å². The summed E-state index contributed by atoms with van der Waals surface area (Å²) in [5.74, 6) is 0.972. The van der Waals surface area contributed by atoms with Gasteiger partial charge in [0.1, 0.15) is 0 Å². The fraction of sp³-hybridized carbons (Fsp3) is 0.769. The summed E-state index contributed by atoms with van der Waals surface area (Å²) in [6.07, 6.45) is -0.298. The standard InChI is InChI=1S/C13H20F3N3/c1-9(2)5-17-6-10-3-4-12(10)19-8-11(7-18-19)13(14,15)16/h7-10,12,17H,3-6H2,1-2H3. The molecule has 1 aliphatic rings. The van der Waals surface area contributed by atoms with E-state index in [1.54, 1.807) is 0 Å². The topological polar surface area (TPSA) is 29.9 Å². The molecule has 0 amide bonds. The molecule has 0 saturated heterocycles. The molecule has 0 aliphatic heterocycles. The Bertz CT molecular complexity index is 412.